The van der Waals surface area contributed by atoms with Gasteiger partial charge in [0, 0.05) is 18.4 Å². The van der Waals surface area contributed by atoms with Crippen molar-refractivity contribution in [2.45, 2.75) is 39.0 Å². The summed E-state index contributed by atoms with van der Waals surface area (Å²) in [5.74, 6) is -0.196. The Hall–Kier alpha value is -3.99. The number of hydrogen-bond donors (Lipinski definition) is 2. The second kappa shape index (κ2) is 10.7. The van der Waals surface area contributed by atoms with Crippen molar-refractivity contribution in [3.05, 3.63) is 66.4 Å². The van der Waals surface area contributed by atoms with E-state index in [1.165, 1.54) is 22.9 Å². The largest absolute Gasteiger partial charge is 0.444 e. The van der Waals surface area contributed by atoms with Crippen LogP contribution < -0.4 is 10.6 Å². The molecule has 3 aromatic rings. The minimum absolute atomic E-state index is 0.0396. The zero-order valence-electron chi connectivity index (χ0n) is 20.4. The molecule has 4 rings (SSSR count). The molecule has 3 heterocycles. The zero-order chi connectivity index (χ0) is 25.7. The fraction of sp³-hybridized carbons (Fsp3) is 0.360. The molecule has 11 heteroatoms. The van der Waals surface area contributed by atoms with Crippen LogP contribution in [-0.2, 0) is 20.8 Å². The highest BCUT2D eigenvalue weighted by Crippen LogP contribution is 2.24. The second-order valence-corrected chi connectivity index (χ2v) is 9.34. The molecule has 0 saturated carbocycles. The number of carbonyl (C=O) groups is 2. The normalized spacial score (nSPS) is 15.9. The lowest BCUT2D eigenvalue weighted by Crippen LogP contribution is -2.44. The van der Waals surface area contributed by atoms with Crippen LogP contribution in [0.5, 0.6) is 0 Å². The molecule has 2 amide bonds. The Morgan fingerprint density at radius 3 is 2.78 bits per heavy atom. The molecular weight excluding hydrogens is 467 g/mol. The van der Waals surface area contributed by atoms with Crippen molar-refractivity contribution in [2.24, 2.45) is 0 Å². The molecule has 0 bridgehead atoms. The molecule has 1 aliphatic heterocycles. The van der Waals surface area contributed by atoms with Gasteiger partial charge in [0.25, 0.3) is 0 Å². The molecule has 0 aliphatic carbocycles. The van der Waals surface area contributed by atoms with Gasteiger partial charge in [-0.05, 0) is 51.1 Å². The van der Waals surface area contributed by atoms with E-state index in [2.05, 4.69) is 20.7 Å². The lowest BCUT2D eigenvalue weighted by atomic mass is 10.2. The number of benzene rings is 1. The average molecular weight is 497 g/mol. The molecule has 1 saturated heterocycles. The van der Waals surface area contributed by atoms with Gasteiger partial charge in [-0.25, -0.2) is 14.2 Å². The van der Waals surface area contributed by atoms with Gasteiger partial charge in [-0.15, -0.1) is 0 Å². The first-order valence-electron chi connectivity index (χ1n) is 11.6. The van der Waals surface area contributed by atoms with Crippen LogP contribution >= 0.6 is 0 Å². The minimum atomic E-state index is -0.572. The molecule has 1 atom stereocenters. The van der Waals surface area contributed by atoms with Crippen molar-refractivity contribution in [1.29, 1.82) is 0 Å². The number of rotatable bonds is 6. The molecule has 0 radical (unpaired) electrons. The van der Waals surface area contributed by atoms with E-state index < -0.39 is 11.4 Å². The first-order valence-corrected chi connectivity index (χ1v) is 11.6. The Morgan fingerprint density at radius 1 is 1.19 bits per heavy atom. The van der Waals surface area contributed by atoms with E-state index in [1.807, 2.05) is 32.9 Å². The van der Waals surface area contributed by atoms with E-state index in [1.54, 1.807) is 29.4 Å². The molecule has 0 unspecified atom stereocenters. The Kier molecular flexibility index (Phi) is 7.49. The number of halogens is 1. The number of pyridine rings is 1. The summed E-state index contributed by atoms with van der Waals surface area (Å²) in [6.45, 7) is 6.63. The van der Waals surface area contributed by atoms with Crippen LogP contribution in [0.4, 0.5) is 26.4 Å². The Balaban J connectivity index is 1.35. The number of ether oxygens (including phenoxy) is 2. The zero-order valence-corrected chi connectivity index (χ0v) is 20.4. The third-order valence-corrected chi connectivity index (χ3v) is 5.14. The van der Waals surface area contributed by atoms with Crippen molar-refractivity contribution in [3.8, 4) is 0 Å². The van der Waals surface area contributed by atoms with E-state index >= 15 is 0 Å². The fourth-order valence-electron chi connectivity index (χ4n) is 3.60. The Morgan fingerprint density at radius 2 is 2.00 bits per heavy atom. The van der Waals surface area contributed by atoms with Crippen molar-refractivity contribution in [3.63, 3.8) is 0 Å². The first kappa shape index (κ1) is 25.1. The number of nitrogens with one attached hydrogen (secondary N) is 2. The average Bonchev–Trinajstić information content (AvgIpc) is 3.24. The quantitative estimate of drug-likeness (QED) is 0.528. The molecule has 190 valence electrons. The number of nitrogens with zero attached hydrogens (tertiary/aromatic N) is 4. The van der Waals surface area contributed by atoms with E-state index in [-0.39, 0.29) is 24.6 Å². The van der Waals surface area contributed by atoms with Crippen LogP contribution in [0.15, 0.2) is 54.9 Å². The number of amides is 2. The summed E-state index contributed by atoms with van der Waals surface area (Å²) in [5.41, 5.74) is 1.12. The van der Waals surface area contributed by atoms with Crippen molar-refractivity contribution < 1.29 is 23.5 Å². The molecule has 1 aromatic carbocycles. The molecule has 2 aromatic heterocycles. The third-order valence-electron chi connectivity index (χ3n) is 5.14. The molecular formula is C25H29FN6O4. The van der Waals surface area contributed by atoms with Gasteiger partial charge in [0.1, 0.15) is 29.9 Å². The maximum absolute atomic E-state index is 13.3. The standard InChI is InChI=1S/C25H29FN6O4/c1-25(2,3)36-24(34)31-10-11-35-21(15-31)20-8-5-9-22(30-20)28-19-13-27-32(14-19)16-23(33)29-18-7-4-6-17(26)12-18/h4-9,12-14,21H,10-11,15-16H2,1-3H3,(H,28,30)(H,29,33)/t21-/m0/s1. The van der Waals surface area contributed by atoms with Crippen LogP contribution in [0.2, 0.25) is 0 Å². The van der Waals surface area contributed by atoms with Gasteiger partial charge in [-0.2, -0.15) is 5.10 Å². The lowest BCUT2D eigenvalue weighted by Gasteiger charge is -2.34. The summed E-state index contributed by atoms with van der Waals surface area (Å²) in [5, 5.41) is 9.99. The minimum Gasteiger partial charge on any atom is -0.444 e. The first-order chi connectivity index (χ1) is 17.1. The van der Waals surface area contributed by atoms with Crippen molar-refractivity contribution in [1.82, 2.24) is 19.7 Å². The predicted molar refractivity (Wildman–Crippen MR) is 131 cm³/mol. The topological polar surface area (TPSA) is 111 Å². The monoisotopic (exact) mass is 496 g/mol. The number of hydrogen-bond acceptors (Lipinski definition) is 7. The number of anilines is 3. The summed E-state index contributed by atoms with van der Waals surface area (Å²) in [7, 11) is 0. The van der Waals surface area contributed by atoms with Crippen LogP contribution in [0.3, 0.4) is 0 Å². The highest BCUT2D eigenvalue weighted by Gasteiger charge is 2.29. The van der Waals surface area contributed by atoms with Gasteiger partial charge in [-0.1, -0.05) is 12.1 Å². The maximum Gasteiger partial charge on any atom is 0.410 e. The van der Waals surface area contributed by atoms with Crippen LogP contribution in [0.1, 0.15) is 32.6 Å². The third kappa shape index (κ3) is 7.01. The Bertz CT molecular complexity index is 1230. The summed E-state index contributed by atoms with van der Waals surface area (Å²) in [6.07, 6.45) is 2.48. The van der Waals surface area contributed by atoms with Crippen LogP contribution in [0.25, 0.3) is 0 Å². The molecule has 10 nitrogen and oxygen atoms in total. The molecule has 1 aliphatic rings. The lowest BCUT2D eigenvalue weighted by molar-refractivity contribution is -0.116. The number of aromatic nitrogens is 3. The van der Waals surface area contributed by atoms with Gasteiger partial charge in [-0.3, -0.25) is 9.48 Å². The van der Waals surface area contributed by atoms with Gasteiger partial charge < -0.3 is 25.0 Å². The van der Waals surface area contributed by atoms with E-state index in [0.29, 0.717) is 42.6 Å². The highest BCUT2D eigenvalue weighted by molar-refractivity contribution is 5.90. The maximum atomic E-state index is 13.3. The highest BCUT2D eigenvalue weighted by atomic mass is 19.1. The summed E-state index contributed by atoms with van der Waals surface area (Å²) in [6, 6.07) is 11.2. The Labute approximate surface area is 208 Å². The summed E-state index contributed by atoms with van der Waals surface area (Å²) in [4.78, 5) is 31.0. The summed E-state index contributed by atoms with van der Waals surface area (Å²) >= 11 is 0. The fourth-order valence-corrected chi connectivity index (χ4v) is 3.60. The molecule has 2 N–H and O–H groups in total. The van der Waals surface area contributed by atoms with Gasteiger partial charge >= 0.3 is 6.09 Å². The van der Waals surface area contributed by atoms with Gasteiger partial charge in [0.15, 0.2) is 0 Å². The SMILES string of the molecule is CC(C)(C)OC(=O)N1CCO[C@H](c2cccc(Nc3cnn(CC(=O)Nc4cccc(F)c4)c3)n2)C1. The van der Waals surface area contributed by atoms with E-state index in [0.717, 1.165) is 0 Å². The molecule has 1 fully saturated rings. The van der Waals surface area contributed by atoms with Gasteiger partial charge in [0.2, 0.25) is 5.91 Å². The van der Waals surface area contributed by atoms with Crippen molar-refractivity contribution in [2.75, 3.05) is 30.3 Å². The smallest absolute Gasteiger partial charge is 0.410 e. The van der Waals surface area contributed by atoms with Crippen molar-refractivity contribution >= 4 is 29.2 Å². The predicted octanol–water partition coefficient (Wildman–Crippen LogP) is 4.11. The van der Waals surface area contributed by atoms with Crippen LogP contribution in [0, 0.1) is 5.82 Å². The molecule has 36 heavy (non-hydrogen) atoms. The molecule has 0 spiro atoms. The number of morpholine rings is 1. The number of carbonyl (C=O) groups excluding carboxylic acids is 2. The van der Waals surface area contributed by atoms with Gasteiger partial charge in [0.05, 0.1) is 30.7 Å². The van der Waals surface area contributed by atoms with E-state index in [4.69, 9.17) is 9.47 Å². The summed E-state index contributed by atoms with van der Waals surface area (Å²) < 4.78 is 26.1. The van der Waals surface area contributed by atoms with Crippen LogP contribution in [-0.4, -0.2) is 57.0 Å². The van der Waals surface area contributed by atoms with E-state index in [9.17, 15) is 14.0 Å². The second-order valence-electron chi connectivity index (χ2n) is 9.34.